The van der Waals surface area contributed by atoms with Gasteiger partial charge in [-0.05, 0) is 55.2 Å². The predicted molar refractivity (Wildman–Crippen MR) is 103 cm³/mol. The number of allylic oxidation sites excluding steroid dienone is 1. The van der Waals surface area contributed by atoms with Gasteiger partial charge in [-0.15, -0.1) is 0 Å². The van der Waals surface area contributed by atoms with Crippen LogP contribution in [0.3, 0.4) is 0 Å². The molecule has 0 aromatic heterocycles. The Kier molecular flexibility index (Phi) is 4.22. The maximum Gasteiger partial charge on any atom is 0.314 e. The molecular weight excluding hydrogens is 342 g/mol. The second kappa shape index (κ2) is 6.58. The first-order valence-electron chi connectivity index (χ1n) is 9.00. The molecule has 1 heterocycles. The molecule has 4 rings (SSSR count). The molecule has 0 radical (unpaired) electrons. The van der Waals surface area contributed by atoms with Gasteiger partial charge < -0.3 is 14.4 Å². The second-order valence-corrected chi connectivity index (χ2v) is 7.23. The smallest absolute Gasteiger partial charge is 0.314 e. The van der Waals surface area contributed by atoms with Crippen molar-refractivity contribution in [1.82, 2.24) is 0 Å². The summed E-state index contributed by atoms with van der Waals surface area (Å²) in [5.41, 5.74) is 3.23. The maximum absolute atomic E-state index is 12.7. The fourth-order valence-corrected chi connectivity index (χ4v) is 3.07. The predicted octanol–water partition coefficient (Wildman–Crippen LogP) is 3.99. The van der Waals surface area contributed by atoms with Crippen molar-refractivity contribution in [1.29, 1.82) is 0 Å². The molecule has 2 aromatic rings. The number of Topliss-reactive ketones (excluding diaryl/α,β-unsaturated/α-hetero) is 1. The Morgan fingerprint density at radius 1 is 1.19 bits per heavy atom. The maximum atomic E-state index is 12.7. The van der Waals surface area contributed by atoms with Crippen LogP contribution in [0.25, 0.3) is 6.08 Å². The Bertz CT molecular complexity index is 953. The van der Waals surface area contributed by atoms with Crippen LogP contribution in [0.2, 0.25) is 0 Å². The van der Waals surface area contributed by atoms with Gasteiger partial charge in [0.2, 0.25) is 5.78 Å². The lowest BCUT2D eigenvalue weighted by Gasteiger charge is -2.11. The van der Waals surface area contributed by atoms with Gasteiger partial charge in [-0.1, -0.05) is 12.1 Å². The summed E-state index contributed by atoms with van der Waals surface area (Å²) in [6.07, 6.45) is 3.51. The van der Waals surface area contributed by atoms with Gasteiger partial charge in [0.25, 0.3) is 0 Å². The van der Waals surface area contributed by atoms with Crippen molar-refractivity contribution < 1.29 is 19.1 Å². The van der Waals surface area contributed by atoms with Crippen molar-refractivity contribution in [2.75, 3.05) is 19.0 Å². The van der Waals surface area contributed by atoms with Crippen molar-refractivity contribution in [3.05, 3.63) is 58.8 Å². The zero-order chi connectivity index (χ0) is 19.1. The lowest BCUT2D eigenvalue weighted by Crippen LogP contribution is -2.10. The van der Waals surface area contributed by atoms with Crippen LogP contribution in [0.15, 0.2) is 42.2 Å². The average molecular weight is 363 g/mol. The summed E-state index contributed by atoms with van der Waals surface area (Å²) in [6.45, 7) is 1.82. The molecule has 5 heteroatoms. The number of carbonyl (C=O) groups excluding carboxylic acids is 2. The third kappa shape index (κ3) is 3.45. The number of hydrogen-bond acceptors (Lipinski definition) is 5. The van der Waals surface area contributed by atoms with Gasteiger partial charge in [0, 0.05) is 25.8 Å². The van der Waals surface area contributed by atoms with Crippen molar-refractivity contribution in [2.24, 2.45) is 5.92 Å². The number of nitrogens with zero attached hydrogens (tertiary/aromatic N) is 1. The van der Waals surface area contributed by atoms with Gasteiger partial charge in [-0.2, -0.15) is 0 Å². The molecule has 0 bridgehead atoms. The summed E-state index contributed by atoms with van der Waals surface area (Å²) >= 11 is 0. The van der Waals surface area contributed by atoms with E-state index in [1.807, 2.05) is 50.2 Å². The molecule has 0 atom stereocenters. The van der Waals surface area contributed by atoms with E-state index in [1.54, 1.807) is 18.2 Å². The first kappa shape index (κ1) is 17.3. The minimum absolute atomic E-state index is 0.0155. The third-order valence-corrected chi connectivity index (χ3v) is 4.78. The molecule has 2 aliphatic rings. The molecule has 0 spiro atoms. The van der Waals surface area contributed by atoms with Crippen LogP contribution in [-0.2, 0) is 4.79 Å². The van der Waals surface area contributed by atoms with Crippen LogP contribution in [0.5, 0.6) is 11.5 Å². The first-order chi connectivity index (χ1) is 12.9. The molecule has 27 heavy (non-hydrogen) atoms. The average Bonchev–Trinajstić information content (AvgIpc) is 3.42. The fourth-order valence-electron chi connectivity index (χ4n) is 3.07. The largest absolute Gasteiger partial charge is 0.452 e. The quantitative estimate of drug-likeness (QED) is 0.467. The van der Waals surface area contributed by atoms with E-state index in [-0.39, 0.29) is 23.4 Å². The highest BCUT2D eigenvalue weighted by Gasteiger charge is 2.33. The van der Waals surface area contributed by atoms with Crippen LogP contribution in [0.4, 0.5) is 5.69 Å². The van der Waals surface area contributed by atoms with Gasteiger partial charge in [0.05, 0.1) is 11.5 Å². The van der Waals surface area contributed by atoms with Crippen LogP contribution < -0.4 is 14.4 Å². The Hall–Kier alpha value is -3.08. The number of rotatable bonds is 4. The van der Waals surface area contributed by atoms with Gasteiger partial charge >= 0.3 is 5.97 Å². The van der Waals surface area contributed by atoms with Crippen LogP contribution >= 0.6 is 0 Å². The minimum Gasteiger partial charge on any atom is -0.452 e. The monoisotopic (exact) mass is 363 g/mol. The number of aryl methyl sites for hydroxylation is 1. The van der Waals surface area contributed by atoms with Crippen LogP contribution in [0.1, 0.15) is 34.3 Å². The molecule has 1 saturated carbocycles. The number of benzene rings is 2. The lowest BCUT2D eigenvalue weighted by atomic mass is 10.0. The van der Waals surface area contributed by atoms with Gasteiger partial charge in [0.15, 0.2) is 5.76 Å². The first-order valence-corrected chi connectivity index (χ1v) is 9.00. The van der Waals surface area contributed by atoms with E-state index >= 15 is 0 Å². The molecule has 5 nitrogen and oxygen atoms in total. The fraction of sp³-hybridized carbons (Fsp3) is 0.273. The zero-order valence-electron chi connectivity index (χ0n) is 15.6. The highest BCUT2D eigenvalue weighted by atomic mass is 16.5. The van der Waals surface area contributed by atoms with E-state index in [4.69, 9.17) is 9.47 Å². The highest BCUT2D eigenvalue weighted by Crippen LogP contribution is 2.38. The minimum atomic E-state index is -0.213. The normalized spacial score (nSPS) is 16.9. The van der Waals surface area contributed by atoms with Gasteiger partial charge in [0.1, 0.15) is 11.5 Å². The number of anilines is 1. The van der Waals surface area contributed by atoms with Crippen molar-refractivity contribution in [2.45, 2.75) is 19.8 Å². The summed E-state index contributed by atoms with van der Waals surface area (Å²) < 4.78 is 11.2. The molecule has 0 unspecified atom stereocenters. The number of hydrogen-bond donors (Lipinski definition) is 0. The SMILES string of the molecule is Cc1cc(OC(=O)C2CC2)cc2c1C(=O)/C(=C/c1ccc(N(C)C)cc1)O2. The van der Waals surface area contributed by atoms with Crippen LogP contribution in [-0.4, -0.2) is 25.8 Å². The van der Waals surface area contributed by atoms with E-state index in [9.17, 15) is 9.59 Å². The Labute approximate surface area is 158 Å². The molecule has 138 valence electrons. The van der Waals surface area contributed by atoms with Crippen molar-refractivity contribution in [3.63, 3.8) is 0 Å². The molecule has 2 aromatic carbocycles. The number of ketones is 1. The molecule has 1 aliphatic heterocycles. The number of carbonyl (C=O) groups is 2. The summed E-state index contributed by atoms with van der Waals surface area (Å²) in [7, 11) is 3.95. The Morgan fingerprint density at radius 3 is 2.52 bits per heavy atom. The zero-order valence-corrected chi connectivity index (χ0v) is 15.6. The van der Waals surface area contributed by atoms with E-state index in [1.165, 1.54) is 0 Å². The third-order valence-electron chi connectivity index (χ3n) is 4.78. The van der Waals surface area contributed by atoms with Crippen LogP contribution in [0, 0.1) is 12.8 Å². The number of esters is 1. The van der Waals surface area contributed by atoms with E-state index in [0.717, 1.165) is 29.7 Å². The molecular formula is C22H21NO4. The van der Waals surface area contributed by atoms with E-state index in [2.05, 4.69) is 0 Å². The molecule has 1 aliphatic carbocycles. The second-order valence-electron chi connectivity index (χ2n) is 7.23. The molecule has 1 fully saturated rings. The number of ether oxygens (including phenoxy) is 2. The van der Waals surface area contributed by atoms with Crippen molar-refractivity contribution >= 4 is 23.5 Å². The Balaban J connectivity index is 1.59. The molecule has 0 saturated heterocycles. The summed E-state index contributed by atoms with van der Waals surface area (Å²) in [5, 5.41) is 0. The summed E-state index contributed by atoms with van der Waals surface area (Å²) in [4.78, 5) is 26.6. The van der Waals surface area contributed by atoms with Crippen molar-refractivity contribution in [3.8, 4) is 11.5 Å². The molecule has 0 N–H and O–H groups in total. The summed E-state index contributed by atoms with van der Waals surface area (Å²) in [5.74, 6) is 0.787. The van der Waals surface area contributed by atoms with Gasteiger partial charge in [-0.25, -0.2) is 0 Å². The van der Waals surface area contributed by atoms with Gasteiger partial charge in [-0.3, -0.25) is 9.59 Å². The van der Waals surface area contributed by atoms with E-state index in [0.29, 0.717) is 17.1 Å². The molecule has 0 amide bonds. The number of fused-ring (bicyclic) bond motifs is 1. The highest BCUT2D eigenvalue weighted by molar-refractivity contribution is 6.15. The Morgan fingerprint density at radius 2 is 1.89 bits per heavy atom. The standard InChI is InChI=1S/C22H21NO4/c1-13-10-17(26-22(25)15-6-7-15)12-18-20(13)21(24)19(27-18)11-14-4-8-16(9-5-14)23(2)3/h4-5,8-12,15H,6-7H2,1-3H3/b19-11-. The summed E-state index contributed by atoms with van der Waals surface area (Å²) in [6, 6.07) is 11.2. The topological polar surface area (TPSA) is 55.8 Å². The van der Waals surface area contributed by atoms with E-state index < -0.39 is 0 Å². The lowest BCUT2D eigenvalue weighted by molar-refractivity contribution is -0.135.